The summed E-state index contributed by atoms with van der Waals surface area (Å²) in [4.78, 5) is 2.31. The maximum absolute atomic E-state index is 10.1. The Balaban J connectivity index is 1.67. The third-order valence-corrected chi connectivity index (χ3v) is 4.25. The summed E-state index contributed by atoms with van der Waals surface area (Å²) in [6.07, 6.45) is 0. The first-order valence-corrected chi connectivity index (χ1v) is 7.71. The highest BCUT2D eigenvalue weighted by Gasteiger charge is 2.38. The van der Waals surface area contributed by atoms with Crippen LogP contribution in [0.25, 0.3) is 0 Å². The fourth-order valence-electron chi connectivity index (χ4n) is 3.07. The number of hydrogen-bond acceptors (Lipinski definition) is 6. The maximum atomic E-state index is 10.1. The normalized spacial score (nSPS) is 26.8. The molecule has 0 aliphatic carbocycles. The second kappa shape index (κ2) is 6.83. The molecule has 3 rings (SSSR count). The molecule has 0 saturated carbocycles. The van der Waals surface area contributed by atoms with Gasteiger partial charge in [-0.2, -0.15) is 0 Å². The average molecular weight is 308 g/mol. The van der Waals surface area contributed by atoms with Crippen molar-refractivity contribution in [3.63, 3.8) is 0 Å². The first-order chi connectivity index (χ1) is 10.7. The number of methoxy groups -OCH3 is 1. The van der Waals surface area contributed by atoms with Crippen LogP contribution in [0.2, 0.25) is 0 Å². The van der Waals surface area contributed by atoms with Gasteiger partial charge in [0, 0.05) is 44.4 Å². The van der Waals surface area contributed by atoms with Gasteiger partial charge in [-0.1, -0.05) is 6.07 Å². The number of aromatic hydroxyl groups is 1. The van der Waals surface area contributed by atoms with E-state index in [1.54, 1.807) is 13.2 Å². The molecule has 122 valence electrons. The number of nitrogens with one attached hydrogen (secondary N) is 1. The van der Waals surface area contributed by atoms with Crippen LogP contribution in [-0.2, 0) is 16.0 Å². The molecule has 1 aromatic rings. The monoisotopic (exact) mass is 308 g/mol. The van der Waals surface area contributed by atoms with Gasteiger partial charge in [-0.15, -0.1) is 0 Å². The third-order valence-electron chi connectivity index (χ3n) is 4.25. The standard InChI is InChI=1S/C16H24N2O4/c1-20-14-3-2-13(15(19)8-14)9-18-5-7-22-16(11-18)10-17-4-6-21-12-16/h2-3,8,17,19H,4-7,9-12H2,1H3. The topological polar surface area (TPSA) is 63.2 Å². The van der Waals surface area contributed by atoms with E-state index in [4.69, 9.17) is 14.2 Å². The van der Waals surface area contributed by atoms with Gasteiger partial charge in [-0.25, -0.2) is 0 Å². The first kappa shape index (κ1) is 15.6. The predicted octanol–water partition coefficient (Wildman–Crippen LogP) is 0.592. The quantitative estimate of drug-likeness (QED) is 0.852. The minimum atomic E-state index is -0.281. The number of morpholine rings is 1. The van der Waals surface area contributed by atoms with Gasteiger partial charge in [0.05, 0.1) is 26.9 Å². The lowest BCUT2D eigenvalue weighted by molar-refractivity contribution is -0.135. The van der Waals surface area contributed by atoms with Crippen molar-refractivity contribution in [2.45, 2.75) is 12.1 Å². The molecule has 2 aliphatic heterocycles. The van der Waals surface area contributed by atoms with Crippen LogP contribution in [0.15, 0.2) is 18.2 Å². The summed E-state index contributed by atoms with van der Waals surface area (Å²) >= 11 is 0. The van der Waals surface area contributed by atoms with Gasteiger partial charge in [0.1, 0.15) is 17.1 Å². The van der Waals surface area contributed by atoms with E-state index in [0.717, 1.165) is 38.3 Å². The summed E-state index contributed by atoms with van der Waals surface area (Å²) in [5.74, 6) is 0.941. The molecule has 2 N–H and O–H groups in total. The minimum absolute atomic E-state index is 0.273. The van der Waals surface area contributed by atoms with Gasteiger partial charge in [-0.05, 0) is 6.07 Å². The molecular formula is C16H24N2O4. The van der Waals surface area contributed by atoms with E-state index >= 15 is 0 Å². The molecule has 2 saturated heterocycles. The van der Waals surface area contributed by atoms with E-state index in [9.17, 15) is 5.11 Å². The van der Waals surface area contributed by atoms with Crippen molar-refractivity contribution in [2.24, 2.45) is 0 Å². The molecule has 2 aliphatic rings. The van der Waals surface area contributed by atoms with Crippen LogP contribution in [0.1, 0.15) is 5.56 Å². The summed E-state index contributed by atoms with van der Waals surface area (Å²) in [5, 5.41) is 13.5. The van der Waals surface area contributed by atoms with Gasteiger partial charge < -0.3 is 24.6 Å². The van der Waals surface area contributed by atoms with Crippen LogP contribution in [0, 0.1) is 0 Å². The van der Waals surface area contributed by atoms with E-state index < -0.39 is 0 Å². The van der Waals surface area contributed by atoms with Gasteiger partial charge in [0.15, 0.2) is 0 Å². The molecule has 0 radical (unpaired) electrons. The van der Waals surface area contributed by atoms with Gasteiger partial charge in [0.25, 0.3) is 0 Å². The summed E-state index contributed by atoms with van der Waals surface area (Å²) in [6, 6.07) is 5.45. The zero-order valence-electron chi connectivity index (χ0n) is 13.0. The van der Waals surface area contributed by atoms with Gasteiger partial charge >= 0.3 is 0 Å². The Labute approximate surface area is 131 Å². The molecule has 1 atom stereocenters. The fourth-order valence-corrected chi connectivity index (χ4v) is 3.07. The van der Waals surface area contributed by atoms with Crippen LogP contribution in [0.5, 0.6) is 11.5 Å². The maximum Gasteiger partial charge on any atom is 0.123 e. The van der Waals surface area contributed by atoms with E-state index in [1.165, 1.54) is 0 Å². The Bertz CT molecular complexity index is 501. The molecule has 1 unspecified atom stereocenters. The van der Waals surface area contributed by atoms with E-state index in [1.807, 2.05) is 12.1 Å². The lowest BCUT2D eigenvalue weighted by atomic mass is 10.0. The molecule has 0 bridgehead atoms. The van der Waals surface area contributed by atoms with Crippen molar-refractivity contribution in [3.8, 4) is 11.5 Å². The highest BCUT2D eigenvalue weighted by molar-refractivity contribution is 5.39. The zero-order chi connectivity index (χ0) is 15.4. The van der Waals surface area contributed by atoms with Crippen molar-refractivity contribution in [1.29, 1.82) is 0 Å². The number of phenolic OH excluding ortho intramolecular Hbond substituents is 1. The fraction of sp³-hybridized carbons (Fsp3) is 0.625. The first-order valence-electron chi connectivity index (χ1n) is 7.71. The number of nitrogens with zero attached hydrogens (tertiary/aromatic N) is 1. The van der Waals surface area contributed by atoms with Crippen molar-refractivity contribution < 1.29 is 19.3 Å². The summed E-state index contributed by atoms with van der Waals surface area (Å²) in [7, 11) is 1.60. The van der Waals surface area contributed by atoms with Crippen LogP contribution in [0.3, 0.4) is 0 Å². The number of rotatable bonds is 3. The molecule has 22 heavy (non-hydrogen) atoms. The molecule has 1 spiro atoms. The molecule has 6 nitrogen and oxygen atoms in total. The second-order valence-corrected chi connectivity index (χ2v) is 5.97. The van der Waals surface area contributed by atoms with Crippen LogP contribution in [0.4, 0.5) is 0 Å². The summed E-state index contributed by atoms with van der Waals surface area (Å²) < 4.78 is 16.8. The van der Waals surface area contributed by atoms with Gasteiger partial charge in [-0.3, -0.25) is 4.90 Å². The van der Waals surface area contributed by atoms with Gasteiger partial charge in [0.2, 0.25) is 0 Å². The molecular weight excluding hydrogens is 284 g/mol. The van der Waals surface area contributed by atoms with Crippen molar-refractivity contribution in [3.05, 3.63) is 23.8 Å². The number of benzene rings is 1. The Morgan fingerprint density at radius 1 is 1.41 bits per heavy atom. The van der Waals surface area contributed by atoms with Crippen LogP contribution in [-0.4, -0.2) is 68.7 Å². The Morgan fingerprint density at radius 3 is 3.14 bits per heavy atom. The SMILES string of the molecule is COc1ccc(CN2CCOC3(CNCCOC3)C2)c(O)c1. The lowest BCUT2D eigenvalue weighted by Gasteiger charge is -2.41. The number of hydrogen-bond donors (Lipinski definition) is 2. The van der Waals surface area contributed by atoms with Crippen LogP contribution < -0.4 is 10.1 Å². The molecule has 6 heteroatoms. The van der Waals surface area contributed by atoms with Crippen LogP contribution >= 0.6 is 0 Å². The smallest absolute Gasteiger partial charge is 0.123 e. The average Bonchev–Trinajstić information content (AvgIpc) is 2.75. The van der Waals surface area contributed by atoms with Crippen molar-refractivity contribution >= 4 is 0 Å². The Morgan fingerprint density at radius 2 is 2.32 bits per heavy atom. The predicted molar refractivity (Wildman–Crippen MR) is 82.3 cm³/mol. The molecule has 2 heterocycles. The van der Waals surface area contributed by atoms with E-state index in [2.05, 4.69) is 10.2 Å². The van der Waals surface area contributed by atoms with Crippen molar-refractivity contribution in [2.75, 3.05) is 53.1 Å². The Kier molecular flexibility index (Phi) is 4.83. The van der Waals surface area contributed by atoms with E-state index in [0.29, 0.717) is 25.5 Å². The molecule has 0 amide bonds. The second-order valence-electron chi connectivity index (χ2n) is 5.97. The largest absolute Gasteiger partial charge is 0.507 e. The number of phenols is 1. The molecule has 0 aromatic heterocycles. The summed E-state index contributed by atoms with van der Waals surface area (Å²) in [5.41, 5.74) is 0.622. The zero-order valence-corrected chi connectivity index (χ0v) is 13.0. The Hall–Kier alpha value is -1.34. The van der Waals surface area contributed by atoms with Crippen molar-refractivity contribution in [1.82, 2.24) is 10.2 Å². The molecule has 1 aromatic carbocycles. The van der Waals surface area contributed by atoms with E-state index in [-0.39, 0.29) is 11.4 Å². The molecule has 2 fully saturated rings. The highest BCUT2D eigenvalue weighted by atomic mass is 16.5. The number of ether oxygens (including phenoxy) is 3. The summed E-state index contributed by atoms with van der Waals surface area (Å²) in [6.45, 7) is 6.04. The highest BCUT2D eigenvalue weighted by Crippen LogP contribution is 2.27. The third kappa shape index (κ3) is 3.52. The minimum Gasteiger partial charge on any atom is -0.507 e. The lowest BCUT2D eigenvalue weighted by Crippen LogP contribution is -2.57.